The molecule has 2 aromatic rings. The molecule has 0 N–H and O–H groups in total. The Kier molecular flexibility index (Phi) is 5.24. The summed E-state index contributed by atoms with van der Waals surface area (Å²) in [5.41, 5.74) is 4.11. The van der Waals surface area contributed by atoms with Crippen molar-refractivity contribution in [3.63, 3.8) is 0 Å². The van der Waals surface area contributed by atoms with Gasteiger partial charge in [-0.25, -0.2) is 0 Å². The van der Waals surface area contributed by atoms with Crippen molar-refractivity contribution in [2.75, 3.05) is 13.7 Å². The van der Waals surface area contributed by atoms with Gasteiger partial charge in [-0.15, -0.1) is 0 Å². The Morgan fingerprint density at radius 3 is 2.79 bits per heavy atom. The van der Waals surface area contributed by atoms with Crippen LogP contribution in [0.1, 0.15) is 16.7 Å². The summed E-state index contributed by atoms with van der Waals surface area (Å²) < 4.78 is 11.8. The molecule has 1 amide bonds. The van der Waals surface area contributed by atoms with Crippen LogP contribution in [0.2, 0.25) is 0 Å². The summed E-state index contributed by atoms with van der Waals surface area (Å²) in [6, 6.07) is 13.9. The van der Waals surface area contributed by atoms with E-state index in [0.717, 1.165) is 22.4 Å². The standard InChI is InChI=1S/C22H19NO3S2/c1-14-6-8-15(9-7-14)12-23-21(24)19(28-22(23)27)11-16-10-17-4-3-5-18(25-2)20(17)26-13-16/h3-11H,12-13H2,1-2H3/b19-11-. The number of carbonyl (C=O) groups excluding carboxylic acids is 1. The van der Waals surface area contributed by atoms with Crippen molar-refractivity contribution in [3.8, 4) is 11.5 Å². The lowest BCUT2D eigenvalue weighted by Gasteiger charge is -2.18. The van der Waals surface area contributed by atoms with Gasteiger partial charge in [-0.3, -0.25) is 9.69 Å². The Bertz CT molecular complexity index is 1010. The van der Waals surface area contributed by atoms with Gasteiger partial charge in [0, 0.05) is 5.56 Å². The lowest BCUT2D eigenvalue weighted by molar-refractivity contribution is -0.122. The Hall–Kier alpha value is -2.57. The van der Waals surface area contributed by atoms with Gasteiger partial charge in [0.25, 0.3) is 5.91 Å². The molecule has 0 spiro atoms. The number of carbonyl (C=O) groups is 1. The average molecular weight is 410 g/mol. The molecule has 0 unspecified atom stereocenters. The number of thiocarbonyl (C=S) groups is 1. The van der Waals surface area contributed by atoms with Gasteiger partial charge in [-0.05, 0) is 36.3 Å². The van der Waals surface area contributed by atoms with E-state index < -0.39 is 0 Å². The Balaban J connectivity index is 1.55. The van der Waals surface area contributed by atoms with Crippen LogP contribution in [0, 0.1) is 6.92 Å². The summed E-state index contributed by atoms with van der Waals surface area (Å²) in [5.74, 6) is 1.37. The highest BCUT2D eigenvalue weighted by molar-refractivity contribution is 8.26. The zero-order chi connectivity index (χ0) is 19.7. The maximum absolute atomic E-state index is 12.9. The lowest BCUT2D eigenvalue weighted by atomic mass is 10.1. The van der Waals surface area contributed by atoms with Crippen LogP contribution in [-0.4, -0.2) is 28.8 Å². The summed E-state index contributed by atoms with van der Waals surface area (Å²) in [6.45, 7) is 2.91. The minimum Gasteiger partial charge on any atom is -0.493 e. The minimum atomic E-state index is -0.0621. The van der Waals surface area contributed by atoms with Crippen molar-refractivity contribution >= 4 is 40.3 Å². The zero-order valence-corrected chi connectivity index (χ0v) is 17.2. The summed E-state index contributed by atoms with van der Waals surface area (Å²) in [7, 11) is 1.62. The maximum Gasteiger partial charge on any atom is 0.266 e. The average Bonchev–Trinajstić information content (AvgIpc) is 2.96. The number of hydrogen-bond acceptors (Lipinski definition) is 5. The SMILES string of the molecule is COc1cccc2c1OCC(/C=C1\SC(=S)N(Cc3ccc(C)cc3)C1=O)=C2. The molecule has 1 fully saturated rings. The molecule has 0 radical (unpaired) electrons. The quantitative estimate of drug-likeness (QED) is 0.539. The van der Waals surface area contributed by atoms with Gasteiger partial charge in [-0.1, -0.05) is 65.9 Å². The number of amides is 1. The van der Waals surface area contributed by atoms with E-state index in [0.29, 0.717) is 28.1 Å². The maximum atomic E-state index is 12.9. The summed E-state index contributed by atoms with van der Waals surface area (Å²) in [6.07, 6.45) is 3.89. The van der Waals surface area contributed by atoms with Crippen LogP contribution < -0.4 is 9.47 Å². The second-order valence-electron chi connectivity index (χ2n) is 6.64. The molecule has 4 rings (SSSR count). The molecule has 0 aliphatic carbocycles. The fourth-order valence-corrected chi connectivity index (χ4v) is 4.39. The second kappa shape index (κ2) is 7.81. The van der Waals surface area contributed by atoms with Gasteiger partial charge >= 0.3 is 0 Å². The lowest BCUT2D eigenvalue weighted by Crippen LogP contribution is -2.27. The van der Waals surface area contributed by atoms with Gasteiger partial charge in [0.05, 0.1) is 18.6 Å². The van der Waals surface area contributed by atoms with E-state index in [9.17, 15) is 4.79 Å². The van der Waals surface area contributed by atoms with Crippen molar-refractivity contribution in [1.82, 2.24) is 4.90 Å². The monoisotopic (exact) mass is 409 g/mol. The number of thioether (sulfide) groups is 1. The normalized spacial score (nSPS) is 17.4. The molecule has 1 saturated heterocycles. The molecule has 2 aliphatic heterocycles. The van der Waals surface area contributed by atoms with Gasteiger partial charge < -0.3 is 9.47 Å². The van der Waals surface area contributed by atoms with E-state index in [1.165, 1.54) is 17.3 Å². The highest BCUT2D eigenvalue weighted by Crippen LogP contribution is 2.38. The van der Waals surface area contributed by atoms with Gasteiger partial charge in [0.15, 0.2) is 11.5 Å². The first-order valence-corrected chi connectivity index (χ1v) is 10.1. The number of ether oxygens (including phenoxy) is 2. The van der Waals surface area contributed by atoms with Crippen LogP contribution >= 0.6 is 24.0 Å². The predicted octanol–water partition coefficient (Wildman–Crippen LogP) is 4.72. The number of aryl methyl sites for hydroxylation is 1. The Labute approximate surface area is 173 Å². The highest BCUT2D eigenvalue weighted by Gasteiger charge is 2.32. The van der Waals surface area contributed by atoms with Crippen molar-refractivity contribution < 1.29 is 14.3 Å². The number of para-hydroxylation sites is 1. The largest absolute Gasteiger partial charge is 0.493 e. The molecule has 0 bridgehead atoms. The van der Waals surface area contributed by atoms with E-state index >= 15 is 0 Å². The fourth-order valence-electron chi connectivity index (χ4n) is 3.12. The van der Waals surface area contributed by atoms with E-state index in [2.05, 4.69) is 0 Å². The number of benzene rings is 2. The number of methoxy groups -OCH3 is 1. The fraction of sp³-hybridized carbons (Fsp3) is 0.182. The molecular weight excluding hydrogens is 390 g/mol. The number of fused-ring (bicyclic) bond motifs is 1. The molecule has 28 heavy (non-hydrogen) atoms. The minimum absolute atomic E-state index is 0.0621. The number of hydrogen-bond donors (Lipinski definition) is 0. The first-order chi connectivity index (χ1) is 13.5. The van der Waals surface area contributed by atoms with Crippen molar-refractivity contribution in [2.45, 2.75) is 13.5 Å². The highest BCUT2D eigenvalue weighted by atomic mass is 32.2. The smallest absolute Gasteiger partial charge is 0.266 e. The third-order valence-electron chi connectivity index (χ3n) is 4.60. The summed E-state index contributed by atoms with van der Waals surface area (Å²) in [5, 5.41) is 0. The van der Waals surface area contributed by atoms with E-state index in [-0.39, 0.29) is 5.91 Å². The molecule has 0 aromatic heterocycles. The van der Waals surface area contributed by atoms with Crippen LogP contribution in [0.15, 0.2) is 59.0 Å². The molecule has 142 valence electrons. The molecule has 0 saturated carbocycles. The number of nitrogens with zero attached hydrogens (tertiary/aromatic N) is 1. The van der Waals surface area contributed by atoms with Crippen LogP contribution in [0.25, 0.3) is 6.08 Å². The first-order valence-electron chi connectivity index (χ1n) is 8.86. The molecule has 6 heteroatoms. The zero-order valence-electron chi connectivity index (χ0n) is 15.6. The summed E-state index contributed by atoms with van der Waals surface area (Å²) in [4.78, 5) is 15.1. The first kappa shape index (κ1) is 18.8. The third kappa shape index (κ3) is 3.70. The summed E-state index contributed by atoms with van der Waals surface area (Å²) >= 11 is 6.78. The molecule has 2 aliphatic rings. The van der Waals surface area contributed by atoms with Crippen LogP contribution in [0.3, 0.4) is 0 Å². The van der Waals surface area contributed by atoms with Crippen LogP contribution in [-0.2, 0) is 11.3 Å². The molecule has 4 nitrogen and oxygen atoms in total. The van der Waals surface area contributed by atoms with E-state index in [4.69, 9.17) is 21.7 Å². The van der Waals surface area contributed by atoms with Crippen molar-refractivity contribution in [2.24, 2.45) is 0 Å². The van der Waals surface area contributed by atoms with E-state index in [1.54, 1.807) is 12.0 Å². The van der Waals surface area contributed by atoms with E-state index in [1.807, 2.05) is 61.5 Å². The van der Waals surface area contributed by atoms with Crippen LogP contribution in [0.5, 0.6) is 11.5 Å². The van der Waals surface area contributed by atoms with Crippen LogP contribution in [0.4, 0.5) is 0 Å². The molecule has 0 atom stereocenters. The number of rotatable bonds is 4. The van der Waals surface area contributed by atoms with Gasteiger partial charge in [-0.2, -0.15) is 0 Å². The molecule has 2 aromatic carbocycles. The topological polar surface area (TPSA) is 38.8 Å². The van der Waals surface area contributed by atoms with Crippen molar-refractivity contribution in [3.05, 3.63) is 75.7 Å². The Morgan fingerprint density at radius 2 is 2.04 bits per heavy atom. The second-order valence-corrected chi connectivity index (χ2v) is 8.32. The molecular formula is C22H19NO3S2. The van der Waals surface area contributed by atoms with Crippen molar-refractivity contribution in [1.29, 1.82) is 0 Å². The molecule has 2 heterocycles. The predicted molar refractivity (Wildman–Crippen MR) is 116 cm³/mol. The third-order valence-corrected chi connectivity index (χ3v) is 5.98. The van der Waals surface area contributed by atoms with Gasteiger partial charge in [0.2, 0.25) is 0 Å². The van der Waals surface area contributed by atoms with Gasteiger partial charge in [0.1, 0.15) is 10.9 Å². The Morgan fingerprint density at radius 1 is 1.25 bits per heavy atom.